The Labute approximate surface area is 117 Å². The third-order valence-electron chi connectivity index (χ3n) is 4.51. The molecule has 108 valence electrons. The molecule has 2 rings (SSSR count). The van der Waals surface area contributed by atoms with E-state index in [9.17, 15) is 0 Å². The summed E-state index contributed by atoms with van der Waals surface area (Å²) in [7, 11) is 0. The summed E-state index contributed by atoms with van der Waals surface area (Å²) in [5.74, 6) is 0. The van der Waals surface area contributed by atoms with Crippen molar-refractivity contribution in [1.29, 1.82) is 5.26 Å². The number of hydrogen-bond donors (Lipinski definition) is 1. The van der Waals surface area contributed by atoms with E-state index in [0.29, 0.717) is 0 Å². The molecule has 0 unspecified atom stereocenters. The van der Waals surface area contributed by atoms with Gasteiger partial charge < -0.3 is 10.2 Å². The molecule has 4 heteroatoms. The van der Waals surface area contributed by atoms with Crippen LogP contribution in [0, 0.1) is 16.7 Å². The van der Waals surface area contributed by atoms with Crippen LogP contribution >= 0.6 is 0 Å². The molecule has 0 aromatic carbocycles. The van der Waals surface area contributed by atoms with Crippen molar-refractivity contribution in [1.82, 2.24) is 15.1 Å². The zero-order valence-corrected chi connectivity index (χ0v) is 12.5. The minimum atomic E-state index is -0.143. The van der Waals surface area contributed by atoms with E-state index in [4.69, 9.17) is 5.26 Å². The molecule has 0 aromatic heterocycles. The van der Waals surface area contributed by atoms with Crippen LogP contribution in [0.5, 0.6) is 0 Å². The topological polar surface area (TPSA) is 42.3 Å². The second kappa shape index (κ2) is 6.69. The van der Waals surface area contributed by atoms with E-state index in [-0.39, 0.29) is 5.41 Å². The van der Waals surface area contributed by atoms with Gasteiger partial charge >= 0.3 is 0 Å². The Kier molecular flexibility index (Phi) is 5.20. The minimum absolute atomic E-state index is 0.143. The Balaban J connectivity index is 1.55. The van der Waals surface area contributed by atoms with Crippen molar-refractivity contribution in [2.24, 2.45) is 5.41 Å². The fourth-order valence-electron chi connectivity index (χ4n) is 2.84. The summed E-state index contributed by atoms with van der Waals surface area (Å²) in [5, 5.41) is 12.3. The van der Waals surface area contributed by atoms with E-state index in [2.05, 4.69) is 21.2 Å². The Morgan fingerprint density at radius 3 is 2.37 bits per heavy atom. The SMILES string of the molecule is CC(C)(C#N)CCCCN1CCN(C2CNC2)CC1. The van der Waals surface area contributed by atoms with Crippen LogP contribution in [-0.2, 0) is 0 Å². The first kappa shape index (κ1) is 14.8. The smallest absolute Gasteiger partial charge is 0.0683 e. The predicted molar refractivity (Wildman–Crippen MR) is 77.9 cm³/mol. The van der Waals surface area contributed by atoms with E-state index in [1.165, 1.54) is 58.7 Å². The molecular weight excluding hydrogens is 236 g/mol. The molecule has 4 nitrogen and oxygen atoms in total. The van der Waals surface area contributed by atoms with Crippen LogP contribution in [0.25, 0.3) is 0 Å². The lowest BCUT2D eigenvalue weighted by Crippen LogP contribution is -2.61. The number of unbranched alkanes of at least 4 members (excludes halogenated alkanes) is 1. The van der Waals surface area contributed by atoms with Crippen LogP contribution in [0.4, 0.5) is 0 Å². The van der Waals surface area contributed by atoms with Gasteiger partial charge in [-0.2, -0.15) is 5.26 Å². The average Bonchev–Trinajstić information content (AvgIpc) is 2.34. The molecule has 0 bridgehead atoms. The summed E-state index contributed by atoms with van der Waals surface area (Å²) < 4.78 is 0. The highest BCUT2D eigenvalue weighted by molar-refractivity contribution is 4.91. The largest absolute Gasteiger partial charge is 0.314 e. The Bertz CT molecular complexity index is 309. The van der Waals surface area contributed by atoms with Crippen molar-refractivity contribution in [2.45, 2.75) is 39.2 Å². The summed E-state index contributed by atoms with van der Waals surface area (Å²) >= 11 is 0. The van der Waals surface area contributed by atoms with E-state index in [1.807, 2.05) is 13.8 Å². The summed E-state index contributed by atoms with van der Waals surface area (Å²) in [6.07, 6.45) is 3.43. The number of nitrogens with one attached hydrogen (secondary N) is 1. The second-order valence-corrected chi connectivity index (χ2v) is 6.64. The quantitative estimate of drug-likeness (QED) is 0.734. The number of nitriles is 1. The minimum Gasteiger partial charge on any atom is -0.314 e. The average molecular weight is 264 g/mol. The monoisotopic (exact) mass is 264 g/mol. The predicted octanol–water partition coefficient (Wildman–Crippen LogP) is 1.30. The van der Waals surface area contributed by atoms with Gasteiger partial charge in [-0.15, -0.1) is 0 Å². The fourth-order valence-corrected chi connectivity index (χ4v) is 2.84. The Morgan fingerprint density at radius 2 is 1.84 bits per heavy atom. The van der Waals surface area contributed by atoms with Crippen LogP contribution in [0.15, 0.2) is 0 Å². The third-order valence-corrected chi connectivity index (χ3v) is 4.51. The second-order valence-electron chi connectivity index (χ2n) is 6.64. The summed E-state index contributed by atoms with van der Waals surface area (Å²) in [4.78, 5) is 5.22. The molecule has 0 amide bonds. The molecule has 1 N–H and O–H groups in total. The molecule has 0 aromatic rings. The van der Waals surface area contributed by atoms with Crippen LogP contribution in [0.1, 0.15) is 33.1 Å². The van der Waals surface area contributed by atoms with Crippen molar-refractivity contribution in [3.8, 4) is 6.07 Å². The normalized spacial score (nSPS) is 23.0. The van der Waals surface area contributed by atoms with Gasteiger partial charge in [-0.3, -0.25) is 4.90 Å². The molecule has 2 aliphatic heterocycles. The fraction of sp³-hybridized carbons (Fsp3) is 0.933. The van der Waals surface area contributed by atoms with Gasteiger partial charge in [-0.25, -0.2) is 0 Å². The first-order chi connectivity index (χ1) is 9.11. The molecule has 2 aliphatic rings. The lowest BCUT2D eigenvalue weighted by molar-refractivity contribution is 0.0718. The van der Waals surface area contributed by atoms with Gasteiger partial charge in [-0.05, 0) is 33.2 Å². The first-order valence-electron chi connectivity index (χ1n) is 7.69. The number of hydrogen-bond acceptors (Lipinski definition) is 4. The highest BCUT2D eigenvalue weighted by Crippen LogP contribution is 2.21. The molecule has 2 fully saturated rings. The molecule has 0 spiro atoms. The van der Waals surface area contributed by atoms with Gasteiger partial charge in [0.05, 0.1) is 11.5 Å². The van der Waals surface area contributed by atoms with Gasteiger partial charge in [0, 0.05) is 45.3 Å². The van der Waals surface area contributed by atoms with Crippen molar-refractivity contribution < 1.29 is 0 Å². The number of nitrogens with zero attached hydrogens (tertiary/aromatic N) is 3. The van der Waals surface area contributed by atoms with Crippen molar-refractivity contribution in [3.63, 3.8) is 0 Å². The standard InChI is InChI=1S/C15H28N4/c1-15(2,13-16)5-3-4-6-18-7-9-19(10-8-18)14-11-17-12-14/h14,17H,3-12H2,1-2H3. The van der Waals surface area contributed by atoms with Crippen LogP contribution in [0.2, 0.25) is 0 Å². The maximum atomic E-state index is 8.98. The highest BCUT2D eigenvalue weighted by Gasteiger charge is 2.27. The van der Waals surface area contributed by atoms with Crippen molar-refractivity contribution in [3.05, 3.63) is 0 Å². The van der Waals surface area contributed by atoms with E-state index in [0.717, 1.165) is 12.5 Å². The van der Waals surface area contributed by atoms with Crippen molar-refractivity contribution >= 4 is 0 Å². The number of rotatable bonds is 6. The van der Waals surface area contributed by atoms with Gasteiger partial charge in [-0.1, -0.05) is 6.42 Å². The summed E-state index contributed by atoms with van der Waals surface area (Å²) in [5.41, 5.74) is -0.143. The van der Waals surface area contributed by atoms with Gasteiger partial charge in [0.2, 0.25) is 0 Å². The molecule has 0 radical (unpaired) electrons. The first-order valence-corrected chi connectivity index (χ1v) is 7.69. The van der Waals surface area contributed by atoms with Gasteiger partial charge in [0.15, 0.2) is 0 Å². The zero-order chi connectivity index (χ0) is 13.7. The maximum Gasteiger partial charge on any atom is 0.0683 e. The van der Waals surface area contributed by atoms with Gasteiger partial charge in [0.1, 0.15) is 0 Å². The lowest BCUT2D eigenvalue weighted by Gasteiger charge is -2.43. The molecule has 0 aliphatic carbocycles. The third kappa shape index (κ3) is 4.45. The van der Waals surface area contributed by atoms with Crippen LogP contribution in [-0.4, -0.2) is 61.7 Å². The maximum absolute atomic E-state index is 8.98. The Hall–Kier alpha value is -0.630. The molecular formula is C15H28N4. The molecule has 19 heavy (non-hydrogen) atoms. The van der Waals surface area contributed by atoms with E-state index < -0.39 is 0 Å². The number of piperazine rings is 1. The van der Waals surface area contributed by atoms with Crippen LogP contribution < -0.4 is 5.32 Å². The van der Waals surface area contributed by atoms with Crippen molar-refractivity contribution in [2.75, 3.05) is 45.8 Å². The molecule has 0 atom stereocenters. The molecule has 2 saturated heterocycles. The van der Waals surface area contributed by atoms with Gasteiger partial charge in [0.25, 0.3) is 0 Å². The molecule has 0 saturated carbocycles. The zero-order valence-electron chi connectivity index (χ0n) is 12.5. The lowest BCUT2D eigenvalue weighted by atomic mass is 9.89. The van der Waals surface area contributed by atoms with E-state index in [1.54, 1.807) is 0 Å². The highest BCUT2D eigenvalue weighted by atomic mass is 15.3. The van der Waals surface area contributed by atoms with Crippen LogP contribution in [0.3, 0.4) is 0 Å². The van der Waals surface area contributed by atoms with E-state index >= 15 is 0 Å². The summed E-state index contributed by atoms with van der Waals surface area (Å²) in [6, 6.07) is 3.19. The molecule has 2 heterocycles. The summed E-state index contributed by atoms with van der Waals surface area (Å²) in [6.45, 7) is 12.6. The Morgan fingerprint density at radius 1 is 1.16 bits per heavy atom.